The van der Waals surface area contributed by atoms with Gasteiger partial charge in [-0.1, -0.05) is 30.3 Å². The van der Waals surface area contributed by atoms with Crippen molar-refractivity contribution in [2.24, 2.45) is 0 Å². The van der Waals surface area contributed by atoms with Gasteiger partial charge in [-0.3, -0.25) is 9.13 Å². The number of aromatic nitrogens is 4. The third kappa shape index (κ3) is 5.68. The number of benzene rings is 1. The smallest absolute Gasteiger partial charge is 0.340 e. The van der Waals surface area contributed by atoms with E-state index in [1.54, 1.807) is 0 Å². The van der Waals surface area contributed by atoms with E-state index in [1.807, 2.05) is 30.3 Å². The minimum Gasteiger partial charge on any atom is -0.387 e. The Morgan fingerprint density at radius 1 is 1.18 bits per heavy atom. The van der Waals surface area contributed by atoms with Gasteiger partial charge in [0.25, 0.3) is 0 Å². The Bertz CT molecular complexity index is 1240. The van der Waals surface area contributed by atoms with Gasteiger partial charge in [0.15, 0.2) is 23.5 Å². The van der Waals surface area contributed by atoms with E-state index in [2.05, 4.69) is 24.9 Å². The van der Waals surface area contributed by atoms with Gasteiger partial charge in [-0.2, -0.15) is 5.10 Å². The zero-order valence-corrected chi connectivity index (χ0v) is 19.2. The molecule has 0 radical (unpaired) electrons. The molecule has 0 bridgehead atoms. The molecule has 1 saturated heterocycles. The molecule has 1 unspecified atom stereocenters. The summed E-state index contributed by atoms with van der Waals surface area (Å²) < 4.78 is 49.2. The summed E-state index contributed by atoms with van der Waals surface area (Å²) >= 11 is 0. The Hall–Kier alpha value is -2.28. The normalized spacial score (nSPS) is 24.9. The van der Waals surface area contributed by atoms with E-state index in [-0.39, 0.29) is 5.69 Å². The lowest BCUT2D eigenvalue weighted by atomic mass is 10.1. The van der Waals surface area contributed by atoms with Crippen molar-refractivity contribution < 1.29 is 42.6 Å². The Kier molecular flexibility index (Phi) is 7.13. The van der Waals surface area contributed by atoms with Crippen LogP contribution >= 0.6 is 15.2 Å². The molecule has 0 spiro atoms. The highest BCUT2D eigenvalue weighted by Gasteiger charge is 2.47. The number of aliphatic hydroxyl groups excluding tert-OH is 1. The van der Waals surface area contributed by atoms with Crippen molar-refractivity contribution in [1.82, 2.24) is 19.6 Å². The maximum absolute atomic E-state index is 14.9. The predicted molar refractivity (Wildman–Crippen MR) is 116 cm³/mol. The number of rotatable bonds is 9. The van der Waals surface area contributed by atoms with Crippen LogP contribution in [0.15, 0.2) is 42.9 Å². The minimum atomic E-state index is -4.83. The first kappa shape index (κ1) is 24.8. The zero-order valence-electron chi connectivity index (χ0n) is 17.5. The van der Waals surface area contributed by atoms with Gasteiger partial charge in [0, 0.05) is 6.54 Å². The third-order valence-corrected chi connectivity index (χ3v) is 8.50. The lowest BCUT2D eigenvalue weighted by Crippen LogP contribution is -2.31. The van der Waals surface area contributed by atoms with Crippen molar-refractivity contribution in [2.75, 3.05) is 17.8 Å². The van der Waals surface area contributed by atoms with E-state index in [9.17, 15) is 23.5 Å². The fourth-order valence-corrected chi connectivity index (χ4v) is 6.07. The number of anilines is 1. The van der Waals surface area contributed by atoms with Crippen molar-refractivity contribution in [1.29, 1.82) is 0 Å². The second kappa shape index (κ2) is 9.76. The Labute approximate surface area is 192 Å². The highest BCUT2D eigenvalue weighted by atomic mass is 31.2. The number of alkyl halides is 1. The van der Waals surface area contributed by atoms with Crippen LogP contribution in [0.1, 0.15) is 17.4 Å². The number of imidazole rings is 1. The minimum absolute atomic E-state index is 0.164. The van der Waals surface area contributed by atoms with E-state index in [4.69, 9.17) is 14.5 Å². The van der Waals surface area contributed by atoms with Crippen molar-refractivity contribution in [3.05, 3.63) is 54.1 Å². The maximum atomic E-state index is 14.9. The molecule has 0 amide bonds. The molecule has 5 atom stereocenters. The lowest BCUT2D eigenvalue weighted by molar-refractivity contribution is -0.0199. The van der Waals surface area contributed by atoms with Gasteiger partial charge in [0.1, 0.15) is 24.6 Å². The number of nitrogens with zero attached hydrogens (tertiary/aromatic N) is 4. The van der Waals surface area contributed by atoms with Crippen LogP contribution in [0.3, 0.4) is 0 Å². The molecule has 0 saturated carbocycles. The van der Waals surface area contributed by atoms with Gasteiger partial charge < -0.3 is 34.4 Å². The first-order valence-electron chi connectivity index (χ1n) is 9.99. The lowest BCUT2D eigenvalue weighted by Gasteiger charge is -2.18. The molecule has 5 N–H and O–H groups in total. The highest BCUT2D eigenvalue weighted by Crippen LogP contribution is 2.55. The summed E-state index contributed by atoms with van der Waals surface area (Å²) in [6.07, 6.45) is -3.84. The second-order valence-electron chi connectivity index (χ2n) is 7.64. The Morgan fingerprint density at radius 2 is 1.91 bits per heavy atom. The number of nitrogens with one attached hydrogen (secondary N) is 1. The van der Waals surface area contributed by atoms with Crippen LogP contribution in [0, 0.1) is 0 Å². The summed E-state index contributed by atoms with van der Waals surface area (Å²) in [4.78, 5) is 35.7. The monoisotopic (exact) mass is 517 g/mol. The Balaban J connectivity index is 1.48. The molecule has 1 aliphatic heterocycles. The topological polar surface area (TPSA) is 189 Å². The number of aliphatic hydroxyl groups is 1. The van der Waals surface area contributed by atoms with Crippen LogP contribution in [0.4, 0.5) is 10.2 Å². The van der Waals surface area contributed by atoms with E-state index < -0.39 is 52.2 Å². The Morgan fingerprint density at radius 3 is 2.62 bits per heavy atom. The maximum Gasteiger partial charge on any atom is 0.340 e. The van der Waals surface area contributed by atoms with Gasteiger partial charge in [0.05, 0.1) is 18.5 Å². The van der Waals surface area contributed by atoms with Gasteiger partial charge in [-0.05, 0) is 5.56 Å². The largest absolute Gasteiger partial charge is 0.387 e. The molecule has 16 heteroatoms. The van der Waals surface area contributed by atoms with Crippen LogP contribution in [0.5, 0.6) is 0 Å². The van der Waals surface area contributed by atoms with Gasteiger partial charge in [-0.15, -0.1) is 0 Å². The first-order chi connectivity index (χ1) is 16.0. The van der Waals surface area contributed by atoms with Crippen LogP contribution in [-0.4, -0.2) is 70.3 Å². The summed E-state index contributed by atoms with van der Waals surface area (Å²) in [6, 6.07) is 9.54. The molecule has 3 aromatic rings. The highest BCUT2D eigenvalue weighted by molar-refractivity contribution is 7.70. The molecule has 3 heterocycles. The van der Waals surface area contributed by atoms with Crippen LogP contribution < -0.4 is 5.32 Å². The molecule has 4 rings (SSSR count). The standard InChI is InChI=1S/C18H22FN5O8P2/c19-14-15(25)13(8-31-34(29,30)10-33(26,27)28)32-16(14)12-7-21-18-17(22-9-23-24(12)18)20-6-11-4-2-1-3-5-11/h1-5,7,9,13-16,25H,6,8,10H2,(H,29,30)(H,20,22,23)(H2,26,27,28)/t13-,14+,15-,16+/m1/s1. The molecule has 2 aromatic heterocycles. The van der Waals surface area contributed by atoms with E-state index >= 15 is 0 Å². The van der Waals surface area contributed by atoms with Gasteiger partial charge >= 0.3 is 15.2 Å². The van der Waals surface area contributed by atoms with Crippen molar-refractivity contribution in [2.45, 2.75) is 31.0 Å². The number of halogens is 1. The molecular weight excluding hydrogens is 495 g/mol. The molecule has 34 heavy (non-hydrogen) atoms. The van der Waals surface area contributed by atoms with Gasteiger partial charge in [0.2, 0.25) is 0 Å². The van der Waals surface area contributed by atoms with Gasteiger partial charge in [-0.25, -0.2) is 18.9 Å². The predicted octanol–water partition coefficient (Wildman–Crippen LogP) is 1.21. The molecular formula is C18H22FN5O8P2. The summed E-state index contributed by atoms with van der Waals surface area (Å²) in [5, 5.41) is 17.4. The molecule has 1 aliphatic rings. The summed E-state index contributed by atoms with van der Waals surface area (Å²) in [6.45, 7) is -0.309. The van der Waals surface area contributed by atoms with Crippen molar-refractivity contribution in [3.63, 3.8) is 0 Å². The molecule has 184 valence electrons. The van der Waals surface area contributed by atoms with Crippen molar-refractivity contribution in [3.8, 4) is 0 Å². The average Bonchev–Trinajstić information content (AvgIpc) is 3.32. The number of fused-ring (bicyclic) bond motifs is 1. The fraction of sp³-hybridized carbons (Fsp3) is 0.389. The number of hydrogen-bond donors (Lipinski definition) is 5. The second-order valence-corrected chi connectivity index (χ2v) is 11.6. The fourth-order valence-electron chi connectivity index (χ4n) is 3.50. The van der Waals surface area contributed by atoms with Crippen LogP contribution in [0.2, 0.25) is 0 Å². The molecule has 1 fully saturated rings. The quantitative estimate of drug-likeness (QED) is 0.256. The van der Waals surface area contributed by atoms with E-state index in [0.717, 1.165) is 5.56 Å². The summed E-state index contributed by atoms with van der Waals surface area (Å²) in [5.74, 6) is -1.02. The van der Waals surface area contributed by atoms with Crippen LogP contribution in [0.25, 0.3) is 5.65 Å². The zero-order chi connectivity index (χ0) is 24.5. The third-order valence-electron chi connectivity index (χ3n) is 5.05. The summed E-state index contributed by atoms with van der Waals surface area (Å²) in [7, 11) is -9.53. The van der Waals surface area contributed by atoms with E-state index in [0.29, 0.717) is 18.0 Å². The first-order valence-corrected chi connectivity index (χ1v) is 13.5. The average molecular weight is 517 g/mol. The van der Waals surface area contributed by atoms with Crippen LogP contribution in [-0.2, 0) is 24.9 Å². The summed E-state index contributed by atoms with van der Waals surface area (Å²) in [5.41, 5.74) is 1.46. The van der Waals surface area contributed by atoms with Crippen molar-refractivity contribution >= 4 is 26.7 Å². The molecule has 1 aromatic carbocycles. The van der Waals surface area contributed by atoms with E-state index in [1.165, 1.54) is 17.0 Å². The number of hydrogen-bond acceptors (Lipinski definition) is 9. The molecule has 0 aliphatic carbocycles. The molecule has 13 nitrogen and oxygen atoms in total. The number of ether oxygens (including phenoxy) is 1. The SMILES string of the molecule is O=P(O)(O)CP(=O)(O)OC[C@H]1O[C@@H](c2cnc3c(NCc4ccccc4)ncnn23)[C@@H](F)[C@@H]1O.